The topological polar surface area (TPSA) is 40.5 Å². The molecule has 5 heteroatoms. The van der Waals surface area contributed by atoms with Crippen molar-refractivity contribution >= 4 is 17.3 Å². The summed E-state index contributed by atoms with van der Waals surface area (Å²) in [5, 5.41) is 3.49. The van der Waals surface area contributed by atoms with Gasteiger partial charge in [0.05, 0.1) is 17.7 Å². The van der Waals surface area contributed by atoms with Gasteiger partial charge in [0, 0.05) is 25.0 Å². The third-order valence-electron chi connectivity index (χ3n) is 4.74. The van der Waals surface area contributed by atoms with Crippen molar-refractivity contribution in [1.29, 1.82) is 0 Å². The fraction of sp³-hybridized carbons (Fsp3) is 0.474. The van der Waals surface area contributed by atoms with E-state index in [0.29, 0.717) is 0 Å². The third kappa shape index (κ3) is 4.35. The first-order chi connectivity index (χ1) is 11.8. The fourth-order valence-electron chi connectivity index (χ4n) is 3.28. The molecule has 4 nitrogen and oxygen atoms in total. The van der Waals surface area contributed by atoms with Crippen molar-refractivity contribution in [2.75, 3.05) is 20.1 Å². The van der Waals surface area contributed by atoms with E-state index in [-0.39, 0.29) is 0 Å². The summed E-state index contributed by atoms with van der Waals surface area (Å²) in [6, 6.07) is 10.8. The molecular formula is C19H26N4S. The van der Waals surface area contributed by atoms with Gasteiger partial charge in [-0.25, -0.2) is 4.98 Å². The molecule has 0 aliphatic carbocycles. The number of likely N-dealkylation sites (tertiary alicyclic amines) is 1. The molecule has 0 unspecified atom stereocenters. The second-order valence-corrected chi connectivity index (χ2v) is 7.32. The summed E-state index contributed by atoms with van der Waals surface area (Å²) in [5.41, 5.74) is 4.48. The highest BCUT2D eigenvalue weighted by atomic mass is 32.1. The van der Waals surface area contributed by atoms with Crippen LogP contribution in [0.25, 0.3) is 0 Å². The predicted octanol–water partition coefficient (Wildman–Crippen LogP) is 3.48. The van der Waals surface area contributed by atoms with Gasteiger partial charge < -0.3 is 10.2 Å². The number of aromatic nitrogens is 1. The Balaban J connectivity index is 1.48. The Bertz CT molecular complexity index is 657. The van der Waals surface area contributed by atoms with Gasteiger partial charge >= 0.3 is 0 Å². The van der Waals surface area contributed by atoms with Gasteiger partial charge in [-0.1, -0.05) is 30.3 Å². The van der Waals surface area contributed by atoms with E-state index in [0.717, 1.165) is 37.2 Å². The van der Waals surface area contributed by atoms with Crippen LogP contribution in [-0.2, 0) is 13.0 Å². The number of rotatable bonds is 4. The van der Waals surface area contributed by atoms with Gasteiger partial charge in [-0.15, -0.1) is 11.3 Å². The molecule has 0 spiro atoms. The van der Waals surface area contributed by atoms with Crippen LogP contribution < -0.4 is 5.32 Å². The van der Waals surface area contributed by atoms with Gasteiger partial charge in [0.2, 0.25) is 0 Å². The standard InChI is InChI=1S/C19H26N4S/c1-15-18(24-14-22-15)13-21-19(20-2)23-10-8-17(9-11-23)12-16-6-4-3-5-7-16/h3-7,14,17H,8-13H2,1-2H3,(H,20,21). The van der Waals surface area contributed by atoms with Crippen molar-refractivity contribution in [3.8, 4) is 0 Å². The molecule has 3 rings (SSSR count). The third-order valence-corrected chi connectivity index (χ3v) is 5.68. The lowest BCUT2D eigenvalue weighted by molar-refractivity contribution is 0.259. The van der Waals surface area contributed by atoms with Gasteiger partial charge in [0.1, 0.15) is 0 Å². The number of guanidine groups is 1. The van der Waals surface area contributed by atoms with Gasteiger partial charge in [0.15, 0.2) is 5.96 Å². The molecule has 1 fully saturated rings. The van der Waals surface area contributed by atoms with E-state index in [9.17, 15) is 0 Å². The minimum atomic E-state index is 0.783. The predicted molar refractivity (Wildman–Crippen MR) is 101 cm³/mol. The van der Waals surface area contributed by atoms with Crippen LogP contribution in [0.3, 0.4) is 0 Å². The number of hydrogen-bond acceptors (Lipinski definition) is 3. The average Bonchev–Trinajstić information content (AvgIpc) is 3.03. The van der Waals surface area contributed by atoms with Gasteiger partial charge in [0.25, 0.3) is 0 Å². The van der Waals surface area contributed by atoms with E-state index >= 15 is 0 Å². The zero-order chi connectivity index (χ0) is 16.8. The molecule has 2 heterocycles. The number of nitrogens with one attached hydrogen (secondary N) is 1. The minimum Gasteiger partial charge on any atom is -0.351 e. The van der Waals surface area contributed by atoms with E-state index < -0.39 is 0 Å². The SMILES string of the molecule is CN=C(NCc1scnc1C)N1CCC(Cc2ccccc2)CC1. The van der Waals surface area contributed by atoms with E-state index in [2.05, 4.69) is 57.4 Å². The van der Waals surface area contributed by atoms with Crippen molar-refractivity contribution in [2.45, 2.75) is 32.7 Å². The number of thiazole rings is 1. The normalized spacial score (nSPS) is 16.4. The highest BCUT2D eigenvalue weighted by molar-refractivity contribution is 7.09. The van der Waals surface area contributed by atoms with Crippen LogP contribution in [0.4, 0.5) is 0 Å². The smallest absolute Gasteiger partial charge is 0.193 e. The Morgan fingerprint density at radius 3 is 2.67 bits per heavy atom. The maximum absolute atomic E-state index is 4.47. The van der Waals surface area contributed by atoms with Gasteiger partial charge in [-0.2, -0.15) is 0 Å². The zero-order valence-electron chi connectivity index (χ0n) is 14.5. The summed E-state index contributed by atoms with van der Waals surface area (Å²) < 4.78 is 0. The van der Waals surface area contributed by atoms with Crippen LogP contribution in [0.5, 0.6) is 0 Å². The number of benzene rings is 1. The number of hydrogen-bond donors (Lipinski definition) is 1. The molecule has 1 saturated heterocycles. The van der Waals surface area contributed by atoms with Crippen molar-refractivity contribution in [2.24, 2.45) is 10.9 Å². The zero-order valence-corrected chi connectivity index (χ0v) is 15.4. The van der Waals surface area contributed by atoms with Crippen molar-refractivity contribution in [1.82, 2.24) is 15.2 Å². The summed E-state index contributed by atoms with van der Waals surface area (Å²) in [6.07, 6.45) is 3.66. The quantitative estimate of drug-likeness (QED) is 0.683. The molecule has 128 valence electrons. The average molecular weight is 343 g/mol. The number of aliphatic imine (C=N–C) groups is 1. The number of piperidine rings is 1. The lowest BCUT2D eigenvalue weighted by atomic mass is 9.90. The molecule has 24 heavy (non-hydrogen) atoms. The Kier molecular flexibility index (Phi) is 5.86. The highest BCUT2D eigenvalue weighted by Crippen LogP contribution is 2.22. The molecule has 0 atom stereocenters. The second kappa shape index (κ2) is 8.29. The Labute approximate surface area is 148 Å². The van der Waals surface area contributed by atoms with E-state index in [1.165, 1.54) is 29.7 Å². The highest BCUT2D eigenvalue weighted by Gasteiger charge is 2.21. The fourth-order valence-corrected chi connectivity index (χ4v) is 4.00. The van der Waals surface area contributed by atoms with Crippen LogP contribution >= 0.6 is 11.3 Å². The lowest BCUT2D eigenvalue weighted by Crippen LogP contribution is -2.45. The number of nitrogens with zero attached hydrogens (tertiary/aromatic N) is 3. The van der Waals surface area contributed by atoms with Crippen LogP contribution in [0.1, 0.15) is 29.0 Å². The number of aryl methyl sites for hydroxylation is 1. The van der Waals surface area contributed by atoms with E-state index in [4.69, 9.17) is 0 Å². The first kappa shape index (κ1) is 17.0. The molecule has 1 aliphatic rings. The maximum atomic E-state index is 4.47. The molecule has 0 amide bonds. The van der Waals surface area contributed by atoms with E-state index in [1.807, 2.05) is 12.6 Å². The minimum absolute atomic E-state index is 0.783. The Morgan fingerprint density at radius 1 is 1.29 bits per heavy atom. The maximum Gasteiger partial charge on any atom is 0.193 e. The monoisotopic (exact) mass is 342 g/mol. The first-order valence-electron chi connectivity index (χ1n) is 8.64. The molecule has 0 saturated carbocycles. The van der Waals surface area contributed by atoms with Gasteiger partial charge in [-0.3, -0.25) is 4.99 Å². The van der Waals surface area contributed by atoms with Crippen molar-refractivity contribution in [3.05, 3.63) is 52.0 Å². The molecule has 1 aromatic heterocycles. The second-order valence-electron chi connectivity index (χ2n) is 6.38. The van der Waals surface area contributed by atoms with Crippen LogP contribution in [0.2, 0.25) is 0 Å². The van der Waals surface area contributed by atoms with Crippen LogP contribution in [-0.4, -0.2) is 36.0 Å². The molecule has 0 radical (unpaired) electrons. The van der Waals surface area contributed by atoms with Gasteiger partial charge in [-0.05, 0) is 37.7 Å². The van der Waals surface area contributed by atoms with Crippen LogP contribution in [0.15, 0.2) is 40.8 Å². The summed E-state index contributed by atoms with van der Waals surface area (Å²) in [6.45, 7) is 5.04. The molecular weight excluding hydrogens is 316 g/mol. The first-order valence-corrected chi connectivity index (χ1v) is 9.52. The van der Waals surface area contributed by atoms with Crippen molar-refractivity contribution < 1.29 is 0 Å². The largest absolute Gasteiger partial charge is 0.351 e. The Morgan fingerprint density at radius 2 is 2.04 bits per heavy atom. The summed E-state index contributed by atoms with van der Waals surface area (Å²) in [7, 11) is 1.87. The van der Waals surface area contributed by atoms with Crippen molar-refractivity contribution in [3.63, 3.8) is 0 Å². The molecule has 1 N–H and O–H groups in total. The summed E-state index contributed by atoms with van der Waals surface area (Å²) in [4.78, 5) is 12.4. The Hall–Kier alpha value is -1.88. The van der Waals surface area contributed by atoms with E-state index in [1.54, 1.807) is 11.3 Å². The summed E-state index contributed by atoms with van der Waals surface area (Å²) in [5.74, 6) is 1.80. The molecule has 1 aromatic carbocycles. The van der Waals surface area contributed by atoms with Crippen LogP contribution in [0, 0.1) is 12.8 Å². The summed E-state index contributed by atoms with van der Waals surface area (Å²) >= 11 is 1.70. The lowest BCUT2D eigenvalue weighted by Gasteiger charge is -2.34. The molecule has 2 aromatic rings. The molecule has 1 aliphatic heterocycles. The molecule has 0 bridgehead atoms.